The Morgan fingerprint density at radius 3 is 1.24 bits per heavy atom. The maximum Gasteiger partial charge on any atom is 0.118 e. The highest BCUT2D eigenvalue weighted by molar-refractivity contribution is 5.04. The van der Waals surface area contributed by atoms with Crippen molar-refractivity contribution < 1.29 is 58.6 Å². The second kappa shape index (κ2) is 33.8. The second-order valence-corrected chi connectivity index (χ2v) is 36.4. The molecule has 8 unspecified atom stereocenters. The van der Waals surface area contributed by atoms with E-state index in [-0.39, 0.29) is 98.1 Å². The highest BCUT2D eigenvalue weighted by Gasteiger charge is 2.51. The van der Waals surface area contributed by atoms with Crippen LogP contribution in [0.25, 0.3) is 0 Å². The molecular weight excluding hydrogens is 1180 g/mol. The molecule has 8 atom stereocenters. The largest absolute Gasteiger partial charge is 0.400 e. The zero-order valence-corrected chi connectivity index (χ0v) is 64.9. The Kier molecular flexibility index (Phi) is 30.7. The lowest BCUT2D eigenvalue weighted by Gasteiger charge is -2.53. The van der Waals surface area contributed by atoms with Gasteiger partial charge in [0.05, 0.1) is 89.5 Å². The van der Waals surface area contributed by atoms with Gasteiger partial charge in [-0.25, -0.2) is 0 Å². The number of unbranched alkanes of at least 4 members (excludes halogenated alkanes) is 3. The van der Waals surface area contributed by atoms with Gasteiger partial charge in [0.15, 0.2) is 0 Å². The lowest BCUT2D eigenvalue weighted by Crippen LogP contribution is -2.65. The number of aliphatic hydroxyl groups excluding tert-OH is 3. The van der Waals surface area contributed by atoms with E-state index in [9.17, 15) is 15.4 Å². The smallest absolute Gasteiger partial charge is 0.118 e. The molecule has 0 saturated carbocycles. The van der Waals surface area contributed by atoms with Crippen LogP contribution >= 0.6 is 0 Å². The Hall–Kier alpha value is -0.800. The topological polar surface area (TPSA) is 216 Å². The number of aliphatic hydroxyl groups is 3. The van der Waals surface area contributed by atoms with Crippen LogP contribution in [0.4, 0.5) is 0 Å². The number of nitrogens with zero attached hydrogens (tertiary/aromatic N) is 4. The molecule has 6 fully saturated rings. The fourth-order valence-corrected chi connectivity index (χ4v) is 18.5. The zero-order chi connectivity index (χ0) is 70.8. The summed E-state index contributed by atoms with van der Waals surface area (Å²) in [5.74, 6) is 0. The molecule has 0 aromatic rings. The summed E-state index contributed by atoms with van der Waals surface area (Å²) in [6, 6.07) is 0.568. The van der Waals surface area contributed by atoms with E-state index in [4.69, 9.17) is 43.2 Å². The van der Waals surface area contributed by atoms with Crippen molar-refractivity contribution in [2.75, 3.05) is 67.4 Å². The van der Waals surface area contributed by atoms with Gasteiger partial charge in [0.25, 0.3) is 0 Å². The first-order chi connectivity index (χ1) is 42.4. The number of hydrogen-bond donors (Lipinski definition) is 8. The second-order valence-electron chi connectivity index (χ2n) is 36.4. The fraction of sp³-hybridized carbons (Fsp3) is 1.00. The highest BCUT2D eigenvalue weighted by Crippen LogP contribution is 2.43. The molecule has 8 N–H and O–H groups in total. The number of ether oxygens (including phenoxy) is 6. The van der Waals surface area contributed by atoms with Crippen molar-refractivity contribution in [1.82, 2.24) is 41.4 Å². The average Bonchev–Trinajstić information content (AvgIpc) is 0.823. The number of nitrogens with one attached hydrogen (secondary N) is 4. The normalized spacial score (nSPS) is 30.9. The predicted octanol–water partition coefficient (Wildman–Crippen LogP) is 11.0. The molecule has 0 amide bonds. The molecule has 6 aliphatic heterocycles. The molecule has 20 heteroatoms. The first-order valence-electron chi connectivity index (χ1n) is 36.1. The fourth-order valence-electron chi connectivity index (χ4n) is 18.5. The minimum atomic E-state index is -0.593. The molecule has 0 aromatic carbocycles. The number of hydroxylamine groups is 6. The lowest BCUT2D eigenvalue weighted by molar-refractivity contribution is -0.282. The quantitative estimate of drug-likeness (QED) is 0.0327. The Balaban J connectivity index is 0.000000885. The number of piperidine rings is 6. The molecule has 6 saturated heterocycles. The Bertz CT molecular complexity index is 2130. The van der Waals surface area contributed by atoms with Crippen LogP contribution in [0.1, 0.15) is 276 Å². The van der Waals surface area contributed by atoms with E-state index >= 15 is 0 Å². The summed E-state index contributed by atoms with van der Waals surface area (Å²) in [6.45, 7) is 58.8. The molecule has 0 radical (unpaired) electrons. The van der Waals surface area contributed by atoms with Gasteiger partial charge in [-0.2, -0.15) is 15.2 Å². The minimum absolute atomic E-state index is 0.0201. The monoisotopic (exact) mass is 1330 g/mol. The van der Waals surface area contributed by atoms with Gasteiger partial charge in [-0.3, -0.25) is 15.5 Å². The molecule has 6 rings (SSSR count). The van der Waals surface area contributed by atoms with Crippen LogP contribution in [-0.2, 0) is 38.1 Å². The average molecular weight is 1330 g/mol. The molecule has 0 spiro atoms. The maximum atomic E-state index is 11.8. The molecule has 6 aliphatic rings. The van der Waals surface area contributed by atoms with E-state index in [1.54, 1.807) is 21.1 Å². The van der Waals surface area contributed by atoms with Gasteiger partial charge in [0, 0.05) is 94.0 Å². The van der Waals surface area contributed by atoms with E-state index in [0.717, 1.165) is 123 Å². The minimum Gasteiger partial charge on any atom is -0.400 e. The van der Waals surface area contributed by atoms with Crippen LogP contribution in [0.15, 0.2) is 0 Å². The summed E-state index contributed by atoms with van der Waals surface area (Å²) in [5.41, 5.74) is -2.42. The van der Waals surface area contributed by atoms with Crippen molar-refractivity contribution in [3.05, 3.63) is 0 Å². The van der Waals surface area contributed by atoms with Crippen LogP contribution in [-0.4, -0.2) is 236 Å². The molecule has 552 valence electrons. The third-order valence-corrected chi connectivity index (χ3v) is 20.1. The van der Waals surface area contributed by atoms with Crippen LogP contribution in [0, 0.1) is 0 Å². The van der Waals surface area contributed by atoms with Crippen molar-refractivity contribution in [3.63, 3.8) is 0 Å². The van der Waals surface area contributed by atoms with E-state index in [0.29, 0.717) is 39.0 Å². The first kappa shape index (κ1) is 84.6. The molecular formula is C73H148N8O12. The predicted molar refractivity (Wildman–Crippen MR) is 375 cm³/mol. The maximum absolute atomic E-state index is 11.8. The van der Waals surface area contributed by atoms with Gasteiger partial charge in [0.2, 0.25) is 0 Å². The van der Waals surface area contributed by atoms with E-state index < -0.39 is 23.7 Å². The van der Waals surface area contributed by atoms with Crippen LogP contribution in [0.2, 0.25) is 0 Å². The summed E-state index contributed by atoms with van der Waals surface area (Å²) < 4.78 is 39.3. The molecule has 6 heterocycles. The van der Waals surface area contributed by atoms with Crippen molar-refractivity contribution in [1.29, 1.82) is 0 Å². The van der Waals surface area contributed by atoms with Crippen molar-refractivity contribution >= 4 is 0 Å². The zero-order valence-electron chi connectivity index (χ0n) is 64.9. The SMILES string of the molecule is CC(O)COC1CC(C)(C)N(O)C(C)(C)C1.CO.CON1C(C)(C)CC(OCC(C)OC2(C)CC(NCCCCCCN(CC(O)COC3CC(C)(C)NC(C)(C)C3)C3CC(C)(C)NC(C)(OC(C)COC4CC(C)(C)N(OC)C(C)(C)C4)C3)CC(C)(C)N2)CC1(C)C. The summed E-state index contributed by atoms with van der Waals surface area (Å²) >= 11 is 0. The van der Waals surface area contributed by atoms with Gasteiger partial charge in [0.1, 0.15) is 11.4 Å². The van der Waals surface area contributed by atoms with E-state index in [1.165, 1.54) is 5.06 Å². The van der Waals surface area contributed by atoms with E-state index in [2.05, 4.69) is 175 Å². The highest BCUT2D eigenvalue weighted by atomic mass is 16.7. The molecule has 0 aliphatic carbocycles. The summed E-state index contributed by atoms with van der Waals surface area (Å²) in [4.78, 5) is 14.2. The van der Waals surface area contributed by atoms with Crippen molar-refractivity contribution in [3.8, 4) is 0 Å². The number of rotatable bonds is 29. The van der Waals surface area contributed by atoms with E-state index in [1.807, 2.05) is 27.7 Å². The van der Waals surface area contributed by atoms with Crippen LogP contribution in [0.5, 0.6) is 0 Å². The summed E-state index contributed by atoms with van der Waals surface area (Å²) in [5, 5.41) is 59.3. The Morgan fingerprint density at radius 2 is 0.806 bits per heavy atom. The van der Waals surface area contributed by atoms with Gasteiger partial charge in [-0.1, -0.05) is 12.8 Å². The van der Waals surface area contributed by atoms with Crippen LogP contribution < -0.4 is 21.3 Å². The molecule has 0 bridgehead atoms. The van der Waals surface area contributed by atoms with Gasteiger partial charge < -0.3 is 69.3 Å². The van der Waals surface area contributed by atoms with Gasteiger partial charge in [-0.05, 0) is 263 Å². The van der Waals surface area contributed by atoms with Gasteiger partial charge in [-0.15, -0.1) is 0 Å². The summed E-state index contributed by atoms with van der Waals surface area (Å²) in [6.07, 6.45) is 14.5. The number of hydrogen-bond acceptors (Lipinski definition) is 20. The third-order valence-electron chi connectivity index (χ3n) is 20.1. The Labute approximate surface area is 568 Å². The summed E-state index contributed by atoms with van der Waals surface area (Å²) in [7, 11) is 4.55. The Morgan fingerprint density at radius 1 is 0.441 bits per heavy atom. The lowest BCUT2D eigenvalue weighted by atomic mass is 9.80. The standard InChI is InChI=1S/C60H119N7O8.C12H25NO3.CH4O/c1-43(40-71-49-35-55(11,12)66(69-21)56(13,14)36-49)74-59(19)30-45(29-51(3,4)63-59)61-27-25-23-24-26-28-65(39-47(68)42-73-48-33-53(7,8)62-54(9,10)34-48)46-31-52(5,6)64-60(20,32-46)75-44(2)41-72-50-37-57(15,16)67(70-22)58(17,18)38-50;1-9(14)8-16-10-6-11(2,3)13(15)12(4,5)7-10;1-2/h43-50,61-64,68H,23-42H2,1-22H3;9-10,14-15H,6-8H2,1-5H3;2H,1H3. The molecule has 20 nitrogen and oxygen atoms in total. The van der Waals surface area contributed by atoms with Crippen molar-refractivity contribution in [2.24, 2.45) is 0 Å². The third kappa shape index (κ3) is 26.6. The molecule has 0 aromatic heterocycles. The van der Waals surface area contributed by atoms with Crippen molar-refractivity contribution in [2.45, 2.75) is 404 Å². The van der Waals surface area contributed by atoms with Crippen LogP contribution in [0.3, 0.4) is 0 Å². The molecule has 93 heavy (non-hydrogen) atoms. The first-order valence-corrected chi connectivity index (χ1v) is 36.1. The van der Waals surface area contributed by atoms with Gasteiger partial charge >= 0.3 is 0 Å².